The predicted molar refractivity (Wildman–Crippen MR) is 108 cm³/mol. The lowest BCUT2D eigenvalue weighted by atomic mass is 9.96. The van der Waals surface area contributed by atoms with E-state index in [4.69, 9.17) is 4.98 Å². The molecule has 0 aromatic carbocycles. The van der Waals surface area contributed by atoms with Crippen molar-refractivity contribution >= 4 is 11.7 Å². The summed E-state index contributed by atoms with van der Waals surface area (Å²) in [6.07, 6.45) is 6.83. The van der Waals surface area contributed by atoms with Crippen LogP contribution in [0.15, 0.2) is 24.5 Å². The molecule has 1 atom stereocenters. The number of hydrogen-bond acceptors (Lipinski definition) is 6. The van der Waals surface area contributed by atoms with Crippen molar-refractivity contribution in [3.8, 4) is 0 Å². The van der Waals surface area contributed by atoms with Crippen LogP contribution >= 0.6 is 0 Å². The number of pyridine rings is 1. The van der Waals surface area contributed by atoms with E-state index in [1.54, 1.807) is 6.92 Å². The van der Waals surface area contributed by atoms with Gasteiger partial charge in [0.25, 0.3) is 0 Å². The second-order valence-corrected chi connectivity index (χ2v) is 7.73. The molecule has 28 heavy (non-hydrogen) atoms. The second-order valence-electron chi connectivity index (χ2n) is 7.73. The molecule has 2 aromatic heterocycles. The van der Waals surface area contributed by atoms with Crippen LogP contribution in [0.3, 0.4) is 0 Å². The number of anilines is 1. The zero-order valence-electron chi connectivity index (χ0n) is 16.7. The van der Waals surface area contributed by atoms with Crippen LogP contribution in [0.5, 0.6) is 0 Å². The molecule has 2 aromatic rings. The summed E-state index contributed by atoms with van der Waals surface area (Å²) < 4.78 is 0. The number of carbonyl (C=O) groups excluding carboxylic acids is 1. The summed E-state index contributed by atoms with van der Waals surface area (Å²) in [4.78, 5) is 30.0. The Morgan fingerprint density at radius 2 is 2.21 bits per heavy atom. The standard InChI is InChI=1S/C21H28N6O/c1-15(28)27-9-4-6-17(14-27)21-24-11-18-13-26(10-7-19(18)25-21)12-16-5-3-8-23-20(16)22-2/h3,5,8,11,17H,4,6-7,9-10,12-14H2,1-2H3,(H,22,23). The highest BCUT2D eigenvalue weighted by molar-refractivity contribution is 5.73. The van der Waals surface area contributed by atoms with Crippen LogP contribution in [-0.4, -0.2) is 57.3 Å². The van der Waals surface area contributed by atoms with Crippen LogP contribution in [0.2, 0.25) is 0 Å². The quantitative estimate of drug-likeness (QED) is 0.877. The molecule has 1 saturated heterocycles. The first kappa shape index (κ1) is 18.8. The maximum absolute atomic E-state index is 11.7. The molecular formula is C21H28N6O. The Labute approximate surface area is 166 Å². The van der Waals surface area contributed by atoms with Gasteiger partial charge in [0.15, 0.2) is 0 Å². The molecule has 1 amide bonds. The summed E-state index contributed by atoms with van der Waals surface area (Å²) in [5.74, 6) is 2.25. The Bertz CT molecular complexity index is 855. The van der Waals surface area contributed by atoms with Crippen LogP contribution in [0, 0.1) is 0 Å². The van der Waals surface area contributed by atoms with Gasteiger partial charge >= 0.3 is 0 Å². The number of piperidine rings is 1. The topological polar surface area (TPSA) is 74.2 Å². The molecule has 148 valence electrons. The molecule has 2 aliphatic rings. The van der Waals surface area contributed by atoms with Crippen molar-refractivity contribution < 1.29 is 4.79 Å². The molecule has 4 rings (SSSR count). The number of fused-ring (bicyclic) bond motifs is 1. The average Bonchev–Trinajstić information content (AvgIpc) is 2.74. The Kier molecular flexibility index (Phi) is 5.52. The summed E-state index contributed by atoms with van der Waals surface area (Å²) in [7, 11) is 1.91. The number of amides is 1. The van der Waals surface area contributed by atoms with Crippen LogP contribution in [0.25, 0.3) is 0 Å². The number of nitrogens with zero attached hydrogens (tertiary/aromatic N) is 5. The van der Waals surface area contributed by atoms with E-state index >= 15 is 0 Å². The molecule has 2 aliphatic heterocycles. The van der Waals surface area contributed by atoms with E-state index in [9.17, 15) is 4.79 Å². The molecule has 0 radical (unpaired) electrons. The number of carbonyl (C=O) groups is 1. The summed E-state index contributed by atoms with van der Waals surface area (Å²) in [6, 6.07) is 4.11. The van der Waals surface area contributed by atoms with E-state index in [1.165, 1.54) is 16.8 Å². The third kappa shape index (κ3) is 3.99. The van der Waals surface area contributed by atoms with Crippen molar-refractivity contribution in [2.75, 3.05) is 32.0 Å². The molecule has 0 saturated carbocycles. The predicted octanol–water partition coefficient (Wildman–Crippen LogP) is 2.20. The molecule has 1 fully saturated rings. The van der Waals surface area contributed by atoms with Gasteiger partial charge in [0, 0.05) is 88.2 Å². The number of likely N-dealkylation sites (tertiary alicyclic amines) is 1. The van der Waals surface area contributed by atoms with Crippen molar-refractivity contribution in [2.45, 2.75) is 45.2 Å². The van der Waals surface area contributed by atoms with Crippen molar-refractivity contribution in [1.29, 1.82) is 0 Å². The van der Waals surface area contributed by atoms with Gasteiger partial charge in [-0.1, -0.05) is 6.07 Å². The summed E-state index contributed by atoms with van der Waals surface area (Å²) >= 11 is 0. The maximum atomic E-state index is 11.7. The zero-order chi connectivity index (χ0) is 19.5. The average molecular weight is 380 g/mol. The van der Waals surface area contributed by atoms with Gasteiger partial charge in [-0.3, -0.25) is 9.69 Å². The minimum atomic E-state index is 0.148. The highest BCUT2D eigenvalue weighted by Gasteiger charge is 2.26. The van der Waals surface area contributed by atoms with Gasteiger partial charge in [-0.15, -0.1) is 0 Å². The van der Waals surface area contributed by atoms with E-state index in [-0.39, 0.29) is 11.8 Å². The fourth-order valence-corrected chi connectivity index (χ4v) is 4.23. The molecule has 0 spiro atoms. The summed E-state index contributed by atoms with van der Waals surface area (Å²) in [5, 5.41) is 3.17. The number of hydrogen-bond donors (Lipinski definition) is 1. The number of aromatic nitrogens is 3. The monoisotopic (exact) mass is 380 g/mol. The van der Waals surface area contributed by atoms with E-state index in [2.05, 4.69) is 26.3 Å². The number of rotatable bonds is 4. The van der Waals surface area contributed by atoms with Crippen molar-refractivity contribution in [1.82, 2.24) is 24.8 Å². The Balaban J connectivity index is 1.45. The van der Waals surface area contributed by atoms with Gasteiger partial charge in [-0.05, 0) is 18.9 Å². The van der Waals surface area contributed by atoms with E-state index in [1.807, 2.05) is 30.4 Å². The minimum absolute atomic E-state index is 0.148. The maximum Gasteiger partial charge on any atom is 0.219 e. The van der Waals surface area contributed by atoms with Crippen LogP contribution < -0.4 is 5.32 Å². The molecule has 4 heterocycles. The van der Waals surface area contributed by atoms with Crippen LogP contribution in [-0.2, 0) is 24.3 Å². The van der Waals surface area contributed by atoms with E-state index in [0.717, 1.165) is 63.6 Å². The third-order valence-corrected chi connectivity index (χ3v) is 5.79. The van der Waals surface area contributed by atoms with Gasteiger partial charge < -0.3 is 10.2 Å². The van der Waals surface area contributed by atoms with Gasteiger partial charge in [0.2, 0.25) is 5.91 Å². The Morgan fingerprint density at radius 3 is 3.04 bits per heavy atom. The first-order valence-corrected chi connectivity index (χ1v) is 10.1. The van der Waals surface area contributed by atoms with Gasteiger partial charge in [-0.25, -0.2) is 15.0 Å². The summed E-state index contributed by atoms with van der Waals surface area (Å²) in [6.45, 7) is 5.94. The molecule has 0 bridgehead atoms. The smallest absolute Gasteiger partial charge is 0.219 e. The molecule has 0 aliphatic carbocycles. The SMILES string of the molecule is CNc1ncccc1CN1CCc2nc(C3CCCN(C(C)=O)C3)ncc2C1. The molecule has 7 heteroatoms. The zero-order valence-corrected chi connectivity index (χ0v) is 16.7. The van der Waals surface area contributed by atoms with Crippen molar-refractivity contribution in [3.63, 3.8) is 0 Å². The van der Waals surface area contributed by atoms with Gasteiger partial charge in [0.05, 0.1) is 0 Å². The molecular weight excluding hydrogens is 352 g/mol. The van der Waals surface area contributed by atoms with Crippen LogP contribution in [0.4, 0.5) is 5.82 Å². The highest BCUT2D eigenvalue weighted by atomic mass is 16.2. The first-order chi connectivity index (χ1) is 13.6. The normalized spacial score (nSPS) is 19.9. The van der Waals surface area contributed by atoms with E-state index in [0.29, 0.717) is 0 Å². The molecule has 1 N–H and O–H groups in total. The second kappa shape index (κ2) is 8.22. The fourth-order valence-electron chi connectivity index (χ4n) is 4.23. The minimum Gasteiger partial charge on any atom is -0.373 e. The first-order valence-electron chi connectivity index (χ1n) is 10.1. The molecule has 7 nitrogen and oxygen atoms in total. The largest absolute Gasteiger partial charge is 0.373 e. The lowest BCUT2D eigenvalue weighted by Gasteiger charge is -2.32. The summed E-state index contributed by atoms with van der Waals surface area (Å²) in [5.41, 5.74) is 3.59. The van der Waals surface area contributed by atoms with Gasteiger partial charge in [-0.2, -0.15) is 0 Å². The van der Waals surface area contributed by atoms with Gasteiger partial charge in [0.1, 0.15) is 11.6 Å². The van der Waals surface area contributed by atoms with E-state index < -0.39 is 0 Å². The van der Waals surface area contributed by atoms with Crippen LogP contribution in [0.1, 0.15) is 48.3 Å². The Morgan fingerprint density at radius 1 is 1.32 bits per heavy atom. The highest BCUT2D eigenvalue weighted by Crippen LogP contribution is 2.27. The Hall–Kier alpha value is -2.54. The lowest BCUT2D eigenvalue weighted by molar-refractivity contribution is -0.130. The van der Waals surface area contributed by atoms with Crippen molar-refractivity contribution in [2.24, 2.45) is 0 Å². The molecule has 1 unspecified atom stereocenters. The van der Waals surface area contributed by atoms with Crippen molar-refractivity contribution in [3.05, 3.63) is 47.2 Å². The fraction of sp³-hybridized carbons (Fsp3) is 0.524. The lowest BCUT2D eigenvalue weighted by Crippen LogP contribution is -2.38. The third-order valence-electron chi connectivity index (χ3n) is 5.79. The number of nitrogens with one attached hydrogen (secondary N) is 1.